The number of aryl methyl sites for hydroxylation is 1. The molecule has 2 aromatic carbocycles. The van der Waals surface area contributed by atoms with Crippen LogP contribution in [0.15, 0.2) is 78.1 Å². The van der Waals surface area contributed by atoms with Crippen LogP contribution >= 0.6 is 0 Å². The van der Waals surface area contributed by atoms with Crippen LogP contribution < -0.4 is 11.0 Å². The zero-order chi connectivity index (χ0) is 44.1. The topological polar surface area (TPSA) is 126 Å². The number of imidazole rings is 1. The fraction of sp³-hybridized carbons (Fsp3) is 0.522. The van der Waals surface area contributed by atoms with E-state index < -0.39 is 34.7 Å². The fourth-order valence-corrected chi connectivity index (χ4v) is 8.39. The number of halogens is 3. The van der Waals surface area contributed by atoms with Crippen molar-refractivity contribution in [1.82, 2.24) is 33.9 Å². The van der Waals surface area contributed by atoms with E-state index in [0.717, 1.165) is 59.0 Å². The highest BCUT2D eigenvalue weighted by molar-refractivity contribution is 5.67. The van der Waals surface area contributed by atoms with Crippen molar-refractivity contribution in [1.29, 1.82) is 0 Å². The van der Waals surface area contributed by atoms with Gasteiger partial charge in [0.15, 0.2) is 0 Å². The van der Waals surface area contributed by atoms with E-state index in [0.29, 0.717) is 69.8 Å². The van der Waals surface area contributed by atoms with Gasteiger partial charge in [-0.3, -0.25) is 13.9 Å². The summed E-state index contributed by atoms with van der Waals surface area (Å²) in [6, 6.07) is 16.6. The number of hydrogen-bond donors (Lipinski definition) is 1. The van der Waals surface area contributed by atoms with Gasteiger partial charge in [0.05, 0.1) is 55.4 Å². The van der Waals surface area contributed by atoms with Gasteiger partial charge in [-0.15, -0.1) is 10.2 Å². The number of nitrogens with zero attached hydrogens (tertiary/aromatic N) is 6. The number of nitrogens with one attached hydrogen (secondary N) is 1. The fourth-order valence-electron chi connectivity index (χ4n) is 8.39. The summed E-state index contributed by atoms with van der Waals surface area (Å²) < 4.78 is 71.6. The lowest BCUT2D eigenvalue weighted by molar-refractivity contribution is -0.136. The third kappa shape index (κ3) is 10.9. The normalized spacial score (nSPS) is 18.0. The maximum Gasteiger partial charge on any atom is 0.418 e. The number of hydrogen-bond acceptors (Lipinski definition) is 9. The molecule has 1 N–H and O–H groups in total. The lowest BCUT2D eigenvalue weighted by atomic mass is 9.72. The second kappa shape index (κ2) is 19.2. The number of amides is 1. The molecule has 0 bridgehead atoms. The van der Waals surface area contributed by atoms with Crippen LogP contribution in [-0.2, 0) is 51.9 Å². The van der Waals surface area contributed by atoms with Crippen LogP contribution in [0, 0.1) is 5.92 Å². The van der Waals surface area contributed by atoms with Gasteiger partial charge in [-0.25, -0.2) is 9.59 Å². The molecule has 13 nitrogen and oxygen atoms in total. The Labute approximate surface area is 360 Å². The molecule has 1 saturated carbocycles. The first kappa shape index (κ1) is 45.0. The first-order valence-electron chi connectivity index (χ1n) is 21.5. The van der Waals surface area contributed by atoms with E-state index in [4.69, 9.17) is 18.9 Å². The number of alkyl halides is 3. The number of carbonyl (C=O) groups excluding carboxylic acids is 1. The van der Waals surface area contributed by atoms with Crippen molar-refractivity contribution in [3.05, 3.63) is 117 Å². The highest BCUT2D eigenvalue weighted by Crippen LogP contribution is 2.43. The third-order valence-corrected chi connectivity index (χ3v) is 11.8. The van der Waals surface area contributed by atoms with Crippen molar-refractivity contribution in [3.8, 4) is 5.69 Å². The Morgan fingerprint density at radius 1 is 0.968 bits per heavy atom. The minimum absolute atomic E-state index is 0.0424. The van der Waals surface area contributed by atoms with Gasteiger partial charge in [0.2, 0.25) is 0 Å². The Morgan fingerprint density at radius 2 is 1.69 bits per heavy atom. The van der Waals surface area contributed by atoms with Crippen molar-refractivity contribution in [2.24, 2.45) is 13.0 Å². The van der Waals surface area contributed by atoms with Gasteiger partial charge in [-0.05, 0) is 92.8 Å². The second-order valence-electron chi connectivity index (χ2n) is 17.6. The molecule has 7 rings (SSSR count). The minimum Gasteiger partial charge on any atom is -0.444 e. The number of fused-ring (bicyclic) bond motifs is 1. The van der Waals surface area contributed by atoms with Crippen LogP contribution in [0.1, 0.15) is 99.4 Å². The van der Waals surface area contributed by atoms with Gasteiger partial charge in [0, 0.05) is 51.5 Å². The minimum atomic E-state index is -4.68. The number of ether oxygens (including phenoxy) is 4. The summed E-state index contributed by atoms with van der Waals surface area (Å²) in [7, 11) is 1.90. The van der Waals surface area contributed by atoms with Gasteiger partial charge < -0.3 is 28.8 Å². The predicted octanol–water partition coefficient (Wildman–Crippen LogP) is 7.80. The molecule has 1 aliphatic heterocycles. The highest BCUT2D eigenvalue weighted by Gasteiger charge is 2.39. The van der Waals surface area contributed by atoms with Gasteiger partial charge in [0.1, 0.15) is 17.8 Å². The molecule has 2 fully saturated rings. The number of aromatic nitrogens is 5. The Hall–Kier alpha value is -5.03. The molecule has 0 spiro atoms. The average molecular weight is 862 g/mol. The number of pyridine rings is 1. The summed E-state index contributed by atoms with van der Waals surface area (Å²) >= 11 is 0. The largest absolute Gasteiger partial charge is 0.444 e. The number of rotatable bonds is 18. The zero-order valence-corrected chi connectivity index (χ0v) is 36.2. The molecule has 2 atom stereocenters. The molecule has 5 aromatic rings. The Bertz CT molecular complexity index is 2350. The highest BCUT2D eigenvalue weighted by atomic mass is 19.4. The van der Waals surface area contributed by atoms with E-state index in [-0.39, 0.29) is 18.0 Å². The standard InChI is InChI=1S/C46H58F3N7O6/c1-6-45(61-22-21-60-29-33-15-13-32(14-16-33)28-59-20-18-50-42(57)62-44(2,3)4)17-19-54(30-45)25-34-23-38(46(47,48)49)39-27-55(43(58)56(39)26-34)37-12-8-11-36(24-37)40(35-9-7-10-35)41-52-51-31-53(41)5/h8,11-16,23-24,26-27,31,35,40H,6-7,9-10,17-22,25,28-30H2,1-5H3,(H,50,57)/t40-,45-/m1/s1. The summed E-state index contributed by atoms with van der Waals surface area (Å²) in [5.74, 6) is 1.15. The van der Waals surface area contributed by atoms with Crippen molar-refractivity contribution in [3.63, 3.8) is 0 Å². The Balaban J connectivity index is 0.931. The monoisotopic (exact) mass is 861 g/mol. The Kier molecular flexibility index (Phi) is 13.9. The van der Waals surface area contributed by atoms with Crippen molar-refractivity contribution >= 4 is 11.6 Å². The molecule has 16 heteroatoms. The van der Waals surface area contributed by atoms with E-state index in [1.807, 2.05) is 74.9 Å². The van der Waals surface area contributed by atoms with Crippen molar-refractivity contribution in [2.75, 3.05) is 39.5 Å². The molecule has 334 valence electrons. The predicted molar refractivity (Wildman–Crippen MR) is 227 cm³/mol. The smallest absolute Gasteiger partial charge is 0.418 e. The van der Waals surface area contributed by atoms with Crippen LogP contribution in [0.5, 0.6) is 0 Å². The summed E-state index contributed by atoms with van der Waals surface area (Å²) in [5, 5.41) is 11.2. The molecular weight excluding hydrogens is 804 g/mol. The van der Waals surface area contributed by atoms with E-state index in [1.165, 1.54) is 23.0 Å². The van der Waals surface area contributed by atoms with E-state index >= 15 is 0 Å². The molecule has 1 amide bonds. The lowest BCUT2D eigenvalue weighted by Crippen LogP contribution is -2.36. The van der Waals surface area contributed by atoms with Crippen LogP contribution in [-0.4, -0.2) is 85.4 Å². The molecule has 1 saturated heterocycles. The summed E-state index contributed by atoms with van der Waals surface area (Å²) in [6.45, 7) is 11.2. The van der Waals surface area contributed by atoms with Crippen LogP contribution in [0.4, 0.5) is 18.0 Å². The number of likely N-dealkylation sites (tertiary alicyclic amines) is 1. The zero-order valence-electron chi connectivity index (χ0n) is 36.2. The SMILES string of the molecule is CC[C@@]1(OCCOCc2ccc(COCCNC(=O)OC(C)(C)C)cc2)CCN(Cc2cc(C(F)(F)F)c3cn(-c4cccc([C@H](c5nncn5C)C5CCC5)c4)c(=O)n3c2)C1. The molecule has 0 unspecified atom stereocenters. The maximum atomic E-state index is 14.7. The molecule has 3 aromatic heterocycles. The van der Waals surface area contributed by atoms with Crippen molar-refractivity contribution < 1.29 is 36.9 Å². The first-order chi connectivity index (χ1) is 29.6. The molecule has 2 aliphatic rings. The lowest BCUT2D eigenvalue weighted by Gasteiger charge is -2.33. The quantitative estimate of drug-likeness (QED) is 0.0879. The average Bonchev–Trinajstić information content (AvgIpc) is 3.92. The molecule has 0 radical (unpaired) electrons. The first-order valence-corrected chi connectivity index (χ1v) is 21.5. The second-order valence-corrected chi connectivity index (χ2v) is 17.6. The Morgan fingerprint density at radius 3 is 2.32 bits per heavy atom. The van der Waals surface area contributed by atoms with Crippen molar-refractivity contribution in [2.45, 2.75) is 103 Å². The molecule has 1 aliphatic carbocycles. The van der Waals surface area contributed by atoms with Gasteiger partial charge in [-0.1, -0.05) is 49.7 Å². The summed E-state index contributed by atoms with van der Waals surface area (Å²) in [4.78, 5) is 27.8. The number of alkyl carbamates (subject to hydrolysis) is 1. The maximum absolute atomic E-state index is 14.7. The number of benzene rings is 2. The summed E-state index contributed by atoms with van der Waals surface area (Å²) in [6.07, 6.45) is 4.02. The van der Waals surface area contributed by atoms with Crippen LogP contribution in [0.25, 0.3) is 11.2 Å². The van der Waals surface area contributed by atoms with E-state index in [1.54, 1.807) is 12.4 Å². The van der Waals surface area contributed by atoms with Crippen LogP contribution in [0.3, 0.4) is 0 Å². The van der Waals surface area contributed by atoms with Gasteiger partial charge >= 0.3 is 18.0 Å². The third-order valence-electron chi connectivity index (χ3n) is 11.8. The van der Waals surface area contributed by atoms with Gasteiger partial charge in [0.25, 0.3) is 0 Å². The van der Waals surface area contributed by atoms with Gasteiger partial charge in [-0.2, -0.15) is 13.2 Å². The number of carbonyl (C=O) groups is 1. The van der Waals surface area contributed by atoms with E-state index in [2.05, 4.69) is 27.3 Å². The molecule has 4 heterocycles. The van der Waals surface area contributed by atoms with Crippen LogP contribution in [0.2, 0.25) is 0 Å². The summed E-state index contributed by atoms with van der Waals surface area (Å²) in [5.41, 5.74) is 1.22. The van der Waals surface area contributed by atoms with E-state index in [9.17, 15) is 22.8 Å². The molecular formula is C46H58F3N7O6. The molecule has 62 heavy (non-hydrogen) atoms.